The van der Waals surface area contributed by atoms with Crippen molar-refractivity contribution in [1.29, 1.82) is 0 Å². The van der Waals surface area contributed by atoms with Crippen LogP contribution in [0.5, 0.6) is 0 Å². The lowest BCUT2D eigenvalue weighted by Gasteiger charge is -2.35. The molecule has 3 nitrogen and oxygen atoms in total. The first-order chi connectivity index (χ1) is 8.75. The Labute approximate surface area is 111 Å². The Morgan fingerprint density at radius 1 is 1.00 bits per heavy atom. The summed E-state index contributed by atoms with van der Waals surface area (Å²) in [7, 11) is 0. The van der Waals surface area contributed by atoms with Gasteiger partial charge >= 0.3 is 0 Å². The van der Waals surface area contributed by atoms with Crippen molar-refractivity contribution >= 4 is 5.91 Å². The van der Waals surface area contributed by atoms with Gasteiger partial charge < -0.3 is 9.80 Å². The van der Waals surface area contributed by atoms with E-state index in [4.69, 9.17) is 0 Å². The van der Waals surface area contributed by atoms with Crippen molar-refractivity contribution in [3.63, 3.8) is 0 Å². The normalized spacial score (nSPS) is 28.6. The fourth-order valence-corrected chi connectivity index (χ4v) is 3.50. The summed E-state index contributed by atoms with van der Waals surface area (Å²) in [6, 6.07) is 0.878. The zero-order valence-corrected chi connectivity index (χ0v) is 11.3. The molecule has 2 aliphatic heterocycles. The van der Waals surface area contributed by atoms with Gasteiger partial charge in [0.05, 0.1) is 0 Å². The average Bonchev–Trinajstić information content (AvgIpc) is 3.12. The Morgan fingerprint density at radius 3 is 2.17 bits per heavy atom. The van der Waals surface area contributed by atoms with E-state index in [9.17, 15) is 4.79 Å². The molecule has 1 amide bonds. The van der Waals surface area contributed by atoms with E-state index in [0.29, 0.717) is 11.8 Å². The van der Waals surface area contributed by atoms with E-state index in [1.54, 1.807) is 0 Å². The van der Waals surface area contributed by atoms with Crippen LogP contribution in [-0.2, 0) is 4.79 Å². The minimum absolute atomic E-state index is 0.00412. The van der Waals surface area contributed by atoms with Crippen molar-refractivity contribution in [2.24, 2.45) is 11.8 Å². The lowest BCUT2D eigenvalue weighted by molar-refractivity contribution is -0.135. The van der Waals surface area contributed by atoms with Crippen LogP contribution in [0.25, 0.3) is 0 Å². The zero-order chi connectivity index (χ0) is 12.5. The van der Waals surface area contributed by atoms with Gasteiger partial charge in [-0.15, -0.1) is 0 Å². The number of piperidine rings is 1. The summed E-state index contributed by atoms with van der Waals surface area (Å²) >= 11 is 0. The molecule has 101 valence electrons. The quantitative estimate of drug-likeness (QED) is 0.763. The molecule has 0 spiro atoms. The van der Waals surface area contributed by atoms with Crippen molar-refractivity contribution in [3.05, 3.63) is 6.92 Å². The van der Waals surface area contributed by atoms with Gasteiger partial charge in [-0.05, 0) is 64.5 Å². The van der Waals surface area contributed by atoms with E-state index < -0.39 is 0 Å². The van der Waals surface area contributed by atoms with E-state index in [2.05, 4.69) is 11.8 Å². The fraction of sp³-hybridized carbons (Fsp3) is 0.867. The molecular weight excluding hydrogens is 224 g/mol. The van der Waals surface area contributed by atoms with E-state index in [0.717, 1.165) is 19.1 Å². The SMILES string of the molecule is [CH2][C@@H](C(=O)N1CCCC1)C1CCN(C2CC2)CC1. The fourth-order valence-electron chi connectivity index (χ4n) is 3.50. The smallest absolute Gasteiger partial charge is 0.225 e. The molecule has 0 bridgehead atoms. The predicted octanol–water partition coefficient (Wildman–Crippen LogP) is 1.93. The molecule has 3 fully saturated rings. The second-order valence-electron chi connectivity index (χ2n) is 6.24. The molecule has 3 rings (SSSR count). The number of carbonyl (C=O) groups is 1. The van der Waals surface area contributed by atoms with Crippen molar-refractivity contribution in [1.82, 2.24) is 9.80 Å². The van der Waals surface area contributed by atoms with E-state index >= 15 is 0 Å². The summed E-state index contributed by atoms with van der Waals surface area (Å²) < 4.78 is 0. The molecule has 0 aromatic rings. The van der Waals surface area contributed by atoms with Gasteiger partial charge in [0.25, 0.3) is 0 Å². The van der Waals surface area contributed by atoms with E-state index in [1.807, 2.05) is 4.90 Å². The van der Waals surface area contributed by atoms with Gasteiger partial charge in [0.2, 0.25) is 5.91 Å². The first-order valence-corrected chi connectivity index (χ1v) is 7.61. The number of nitrogens with zero attached hydrogens (tertiary/aromatic N) is 2. The molecule has 18 heavy (non-hydrogen) atoms. The van der Waals surface area contributed by atoms with Crippen LogP contribution in [0.3, 0.4) is 0 Å². The first kappa shape index (κ1) is 12.5. The van der Waals surface area contributed by atoms with Gasteiger partial charge in [-0.3, -0.25) is 4.79 Å². The summed E-state index contributed by atoms with van der Waals surface area (Å²) in [5, 5.41) is 0. The molecule has 2 saturated heterocycles. The van der Waals surface area contributed by atoms with E-state index in [1.165, 1.54) is 51.6 Å². The lowest BCUT2D eigenvalue weighted by Crippen LogP contribution is -2.42. The van der Waals surface area contributed by atoms with Gasteiger partial charge in [0.1, 0.15) is 0 Å². The molecule has 0 aromatic heterocycles. The molecule has 1 aliphatic carbocycles. The van der Waals surface area contributed by atoms with Gasteiger partial charge in [-0.2, -0.15) is 0 Å². The molecule has 0 aromatic carbocycles. The average molecular weight is 249 g/mol. The van der Waals surface area contributed by atoms with Crippen LogP contribution in [0.1, 0.15) is 38.5 Å². The highest BCUT2D eigenvalue weighted by Crippen LogP contribution is 2.33. The number of likely N-dealkylation sites (tertiary alicyclic amines) is 2. The largest absolute Gasteiger partial charge is 0.342 e. The maximum absolute atomic E-state index is 12.3. The van der Waals surface area contributed by atoms with Gasteiger partial charge in [0.15, 0.2) is 0 Å². The molecule has 3 heteroatoms. The molecule has 3 aliphatic rings. The summed E-state index contributed by atoms with van der Waals surface area (Å²) in [5.74, 6) is 0.843. The van der Waals surface area contributed by atoms with E-state index in [-0.39, 0.29) is 5.92 Å². The second kappa shape index (κ2) is 5.20. The highest BCUT2D eigenvalue weighted by Gasteiger charge is 2.35. The number of rotatable bonds is 3. The second-order valence-corrected chi connectivity index (χ2v) is 6.24. The van der Waals surface area contributed by atoms with Crippen LogP contribution >= 0.6 is 0 Å². The monoisotopic (exact) mass is 249 g/mol. The van der Waals surface area contributed by atoms with Crippen molar-refractivity contribution in [3.8, 4) is 0 Å². The highest BCUT2D eigenvalue weighted by molar-refractivity contribution is 5.80. The van der Waals surface area contributed by atoms with Crippen LogP contribution in [0.4, 0.5) is 0 Å². The minimum atomic E-state index is 0.00412. The Hall–Kier alpha value is -0.570. The molecule has 1 radical (unpaired) electrons. The Bertz CT molecular complexity index is 300. The Balaban J connectivity index is 1.49. The van der Waals surface area contributed by atoms with Crippen molar-refractivity contribution in [2.45, 2.75) is 44.6 Å². The van der Waals surface area contributed by atoms with Crippen LogP contribution in [0.2, 0.25) is 0 Å². The molecular formula is C15H25N2O. The molecule has 0 N–H and O–H groups in total. The topological polar surface area (TPSA) is 23.6 Å². The van der Waals surface area contributed by atoms with Crippen LogP contribution in [0, 0.1) is 18.8 Å². The van der Waals surface area contributed by atoms with Crippen LogP contribution < -0.4 is 0 Å². The zero-order valence-electron chi connectivity index (χ0n) is 11.3. The van der Waals surface area contributed by atoms with Gasteiger partial charge in [-0.25, -0.2) is 0 Å². The highest BCUT2D eigenvalue weighted by atomic mass is 16.2. The summed E-state index contributed by atoms with van der Waals surface area (Å²) in [4.78, 5) is 17.0. The lowest BCUT2D eigenvalue weighted by atomic mass is 9.84. The standard InChI is InChI=1S/C15H25N2O/c1-12(15(18)17-8-2-3-9-17)13-6-10-16(11-7-13)14-4-5-14/h12-14H,1-11H2/t12-/m1/s1. The van der Waals surface area contributed by atoms with Crippen LogP contribution in [0.15, 0.2) is 0 Å². The maximum Gasteiger partial charge on any atom is 0.225 e. The summed E-state index contributed by atoms with van der Waals surface area (Å²) in [6.45, 7) is 8.49. The summed E-state index contributed by atoms with van der Waals surface area (Å²) in [5.41, 5.74) is 0. The molecule has 1 atom stereocenters. The maximum atomic E-state index is 12.3. The van der Waals surface area contributed by atoms with Crippen molar-refractivity contribution < 1.29 is 4.79 Å². The minimum Gasteiger partial charge on any atom is -0.342 e. The molecule has 0 unspecified atom stereocenters. The molecule has 2 heterocycles. The van der Waals surface area contributed by atoms with Crippen LogP contribution in [-0.4, -0.2) is 47.9 Å². The van der Waals surface area contributed by atoms with Gasteiger partial charge in [0, 0.05) is 25.0 Å². The predicted molar refractivity (Wildman–Crippen MR) is 72.0 cm³/mol. The Morgan fingerprint density at radius 2 is 1.61 bits per heavy atom. The third-order valence-electron chi connectivity index (χ3n) is 4.94. The van der Waals surface area contributed by atoms with Gasteiger partial charge in [-0.1, -0.05) is 0 Å². The van der Waals surface area contributed by atoms with Crippen molar-refractivity contribution in [2.75, 3.05) is 26.2 Å². The Kier molecular flexibility index (Phi) is 3.60. The number of hydrogen-bond acceptors (Lipinski definition) is 2. The third-order valence-corrected chi connectivity index (χ3v) is 4.94. The first-order valence-electron chi connectivity index (χ1n) is 7.61. The molecule has 1 saturated carbocycles. The summed E-state index contributed by atoms with van der Waals surface area (Å²) in [6.07, 6.45) is 7.49. The number of amides is 1. The number of carbonyl (C=O) groups excluding carboxylic acids is 1. The third kappa shape index (κ3) is 2.56. The number of hydrogen-bond donors (Lipinski definition) is 0.